The van der Waals surface area contributed by atoms with E-state index in [1.807, 2.05) is 20.8 Å². The van der Waals surface area contributed by atoms with Crippen molar-refractivity contribution in [1.29, 1.82) is 0 Å². The maximum Gasteiger partial charge on any atom is 0.499 e. The predicted octanol–water partition coefficient (Wildman–Crippen LogP) is 15.9. The number of imidazole rings is 1. The normalized spacial score (nSPS) is 17.5. The molecule has 68 heavy (non-hydrogen) atoms. The highest BCUT2D eigenvalue weighted by Crippen LogP contribution is 2.56. The molecule has 3 aliphatic rings. The molecule has 6 aromatic carbocycles. The van der Waals surface area contributed by atoms with Crippen LogP contribution in [0.3, 0.4) is 0 Å². The Morgan fingerprint density at radius 1 is 0.588 bits per heavy atom. The van der Waals surface area contributed by atoms with Gasteiger partial charge in [0.15, 0.2) is 23.0 Å². The molecule has 0 aliphatic carbocycles. The monoisotopic (exact) mass is 903 g/mol. The van der Waals surface area contributed by atoms with Gasteiger partial charge in [0, 0.05) is 28.8 Å². The van der Waals surface area contributed by atoms with Gasteiger partial charge < -0.3 is 4.74 Å². The third kappa shape index (κ3) is 6.24. The summed E-state index contributed by atoms with van der Waals surface area (Å²) in [5.74, 6) is -0.0387. The molecule has 1 atom stereocenters. The summed E-state index contributed by atoms with van der Waals surface area (Å²) in [6.07, 6.45) is -0.280. The lowest BCUT2D eigenvalue weighted by Crippen LogP contribution is -2.78. The lowest BCUT2D eigenvalue weighted by Gasteiger charge is -2.39. The van der Waals surface area contributed by atoms with Crippen molar-refractivity contribution in [3.8, 4) is 67.5 Å². The van der Waals surface area contributed by atoms with Crippen molar-refractivity contribution >= 4 is 11.0 Å². The summed E-state index contributed by atoms with van der Waals surface area (Å²) in [6, 6.07) is 31.2. The average Bonchev–Trinajstić information content (AvgIpc) is 4.09. The summed E-state index contributed by atoms with van der Waals surface area (Å²) in [5.41, 5.74) is 12.3. The van der Waals surface area contributed by atoms with Crippen LogP contribution in [0.1, 0.15) is 159 Å². The topological polar surface area (TPSA) is 21.9 Å². The quantitative estimate of drug-likeness (QED) is 0.152. The summed E-state index contributed by atoms with van der Waals surface area (Å²) in [6.45, 7) is 32.4. The second kappa shape index (κ2) is 14.6. The molecule has 1 spiro atoms. The van der Waals surface area contributed by atoms with Crippen LogP contribution in [0.25, 0.3) is 72.7 Å². The molecule has 344 valence electrons. The molecule has 4 nitrogen and oxygen atoms in total. The lowest BCUT2D eigenvalue weighted by molar-refractivity contribution is -0.997. The largest absolute Gasteiger partial charge is 0.499 e. The minimum Gasteiger partial charge on any atom is -0.392 e. The van der Waals surface area contributed by atoms with Crippen LogP contribution in [-0.2, 0) is 22.1 Å². The molecule has 1 unspecified atom stereocenters. The Hall–Kier alpha value is -6.26. The number of pyridine rings is 1. The first-order chi connectivity index (χ1) is 35.0. The summed E-state index contributed by atoms with van der Waals surface area (Å²) in [5, 5.41) is 0. The zero-order valence-corrected chi connectivity index (χ0v) is 42.6. The molecule has 3 aliphatic heterocycles. The van der Waals surface area contributed by atoms with Crippen molar-refractivity contribution in [3.63, 3.8) is 0 Å². The SMILES string of the molecule is [2H]c1c([2H])c(C(C)(C)C)c([2H])c([2H])c1-c1c([2H])c([2H])[n+]2c(c1[2H])-c1cc(C(C)(C)C)cc3c1C21Oc2c(cc(C(C)C)cc2C(C)C)-c2n(-c4ccc(C(C)(C)C(C)(C)C)cc4-c4ccccc4)c4cccc-3c4[n+]21. The zero-order valence-electron chi connectivity index (χ0n) is 49.6. The van der Waals surface area contributed by atoms with Crippen LogP contribution in [0.2, 0.25) is 0 Å². The molecule has 0 radical (unpaired) electrons. The molecule has 2 aromatic heterocycles. The second-order valence-electron chi connectivity index (χ2n) is 23.8. The van der Waals surface area contributed by atoms with Gasteiger partial charge in [-0.2, -0.15) is 4.57 Å². The number of benzene rings is 6. The molecule has 0 saturated heterocycles. The van der Waals surface area contributed by atoms with Crippen LogP contribution in [0.15, 0.2) is 133 Å². The number of nitrogens with zero attached hydrogens (tertiary/aromatic N) is 3. The predicted molar refractivity (Wildman–Crippen MR) is 282 cm³/mol. The molecule has 0 N–H and O–H groups in total. The summed E-state index contributed by atoms with van der Waals surface area (Å²) in [7, 11) is 0. The van der Waals surface area contributed by atoms with Crippen LogP contribution >= 0.6 is 0 Å². The number of para-hydroxylation sites is 1. The fourth-order valence-electron chi connectivity index (χ4n) is 10.5. The number of hydrogen-bond acceptors (Lipinski definition) is 1. The minimum atomic E-state index is -1.70. The van der Waals surface area contributed by atoms with Gasteiger partial charge in [-0.15, -0.1) is 9.13 Å². The van der Waals surface area contributed by atoms with E-state index in [9.17, 15) is 9.60 Å². The zero-order chi connectivity index (χ0) is 54.3. The smallest absolute Gasteiger partial charge is 0.392 e. The van der Waals surface area contributed by atoms with Gasteiger partial charge in [-0.1, -0.05) is 177 Å². The Kier molecular flexibility index (Phi) is 7.90. The van der Waals surface area contributed by atoms with Gasteiger partial charge in [-0.25, -0.2) is 0 Å². The minimum absolute atomic E-state index is 0.000676. The third-order valence-electron chi connectivity index (χ3n) is 15.6. The van der Waals surface area contributed by atoms with Crippen molar-refractivity contribution in [1.82, 2.24) is 4.57 Å². The first-order valence-electron chi connectivity index (χ1n) is 28.0. The molecule has 0 bridgehead atoms. The third-order valence-corrected chi connectivity index (χ3v) is 15.6. The number of aromatic nitrogens is 3. The first kappa shape index (κ1) is 36.7. The molecule has 8 aromatic rings. The van der Waals surface area contributed by atoms with Gasteiger partial charge in [-0.3, -0.25) is 0 Å². The van der Waals surface area contributed by atoms with Crippen molar-refractivity contribution in [3.05, 3.63) is 167 Å². The second-order valence-corrected chi connectivity index (χ2v) is 23.8. The van der Waals surface area contributed by atoms with E-state index < -0.39 is 11.3 Å². The molecule has 0 amide bonds. The Morgan fingerprint density at radius 2 is 1.26 bits per heavy atom. The van der Waals surface area contributed by atoms with Crippen molar-refractivity contribution in [2.75, 3.05) is 0 Å². The van der Waals surface area contributed by atoms with E-state index in [1.165, 1.54) is 5.56 Å². The van der Waals surface area contributed by atoms with Gasteiger partial charge in [0.25, 0.3) is 0 Å². The molecular formula is C64H69N3O+2. The molecule has 0 fully saturated rings. The highest BCUT2D eigenvalue weighted by atomic mass is 16.5. The maximum absolute atomic E-state index is 10.5. The van der Waals surface area contributed by atoms with Gasteiger partial charge in [0.1, 0.15) is 18.2 Å². The van der Waals surface area contributed by atoms with Crippen molar-refractivity contribution in [2.24, 2.45) is 5.41 Å². The first-order valence-corrected chi connectivity index (χ1v) is 24.5. The average molecular weight is 903 g/mol. The Labute approximate surface area is 415 Å². The van der Waals surface area contributed by atoms with Crippen LogP contribution in [0.5, 0.6) is 5.75 Å². The fourth-order valence-corrected chi connectivity index (χ4v) is 10.5. The van der Waals surface area contributed by atoms with E-state index >= 15 is 0 Å². The maximum atomic E-state index is 10.5. The van der Waals surface area contributed by atoms with E-state index in [4.69, 9.17) is 4.74 Å². The van der Waals surface area contributed by atoms with Crippen LogP contribution in [-0.4, -0.2) is 4.57 Å². The van der Waals surface area contributed by atoms with Crippen LogP contribution < -0.4 is 13.9 Å². The lowest BCUT2D eigenvalue weighted by atomic mass is 9.65. The van der Waals surface area contributed by atoms with Gasteiger partial charge >= 0.3 is 11.7 Å². The van der Waals surface area contributed by atoms with Crippen LogP contribution in [0, 0.1) is 5.41 Å². The molecular weight excluding hydrogens is 827 g/mol. The van der Waals surface area contributed by atoms with E-state index in [2.05, 4.69) is 183 Å². The van der Waals surface area contributed by atoms with Crippen molar-refractivity contribution < 1.29 is 23.5 Å². The number of hydrogen-bond donors (Lipinski definition) is 0. The Morgan fingerprint density at radius 3 is 1.91 bits per heavy atom. The number of fused-ring (bicyclic) bond motifs is 5. The Balaban J connectivity index is 1.37. The number of rotatable bonds is 6. The molecule has 11 rings (SSSR count). The fraction of sp³-hybridized carbons (Fsp3) is 0.344. The summed E-state index contributed by atoms with van der Waals surface area (Å²) >= 11 is 0. The summed E-state index contributed by atoms with van der Waals surface area (Å²) < 4.78 is 82.9. The van der Waals surface area contributed by atoms with E-state index in [1.54, 1.807) is 4.57 Å². The van der Waals surface area contributed by atoms with E-state index in [0.717, 1.165) is 72.6 Å². The van der Waals surface area contributed by atoms with Crippen molar-refractivity contribution in [2.45, 2.75) is 138 Å². The highest BCUT2D eigenvalue weighted by Gasteiger charge is 2.69. The van der Waals surface area contributed by atoms with E-state index in [-0.39, 0.29) is 87.2 Å². The molecule has 0 saturated carbocycles. The molecule has 5 heterocycles. The Bertz CT molecular complexity index is 3780. The standard InChI is InChI=1S/C64H69N3O/c1-38(2)43-32-48(39(3)4)58-52(33-43)59-66(53-29-28-45(63(14,15)62(11,12)13)35-49(53)41-20-17-16-18-21-41)54-23-19-22-47-50-36-46(61(8,9)10)37-51-55-34-42(40-24-26-44(27-25-40)60(5,6)7)30-31-65(55)64(68-58,56(50)51)67(59)57(47)54/h16-39H,1-15H3/q+2/i24D,25D,26D,27D,30D,31D,34D. The highest BCUT2D eigenvalue weighted by molar-refractivity contribution is 5.98. The number of ether oxygens (including phenoxy) is 1. The van der Waals surface area contributed by atoms with Crippen LogP contribution in [0.4, 0.5) is 0 Å². The van der Waals surface area contributed by atoms with E-state index in [0.29, 0.717) is 17.0 Å². The van der Waals surface area contributed by atoms with Gasteiger partial charge in [-0.05, 0) is 120 Å². The summed E-state index contributed by atoms with van der Waals surface area (Å²) in [4.78, 5) is 0. The van der Waals surface area contributed by atoms with Gasteiger partial charge in [0.2, 0.25) is 5.69 Å². The van der Waals surface area contributed by atoms with Gasteiger partial charge in [0.05, 0.1) is 13.8 Å². The molecule has 4 heteroatoms.